The third kappa shape index (κ3) is 5.64. The summed E-state index contributed by atoms with van der Waals surface area (Å²) in [4.78, 5) is 2.29. The van der Waals surface area contributed by atoms with E-state index in [-0.39, 0.29) is 17.5 Å². The first kappa shape index (κ1) is 17.4. The van der Waals surface area contributed by atoms with Crippen molar-refractivity contribution in [2.45, 2.75) is 63.0 Å². The molecule has 0 radical (unpaired) electrons. The first-order valence-electron chi connectivity index (χ1n) is 8.17. The zero-order chi connectivity index (χ0) is 15.3. The summed E-state index contributed by atoms with van der Waals surface area (Å²) in [6.07, 6.45) is 7.51. The molecule has 6 heteroatoms. The molecule has 21 heavy (non-hydrogen) atoms. The lowest BCUT2D eigenvalue weighted by Crippen LogP contribution is -2.59. The largest absolute Gasteiger partial charge is 0.441 e. The van der Waals surface area contributed by atoms with Crippen molar-refractivity contribution in [3.63, 3.8) is 0 Å². The minimum Gasteiger partial charge on any atom is -0.311 e. The van der Waals surface area contributed by atoms with Crippen LogP contribution in [0.25, 0.3) is 0 Å². The molecule has 0 bridgehead atoms. The smallest absolute Gasteiger partial charge is 0.311 e. The van der Waals surface area contributed by atoms with E-state index in [4.69, 9.17) is 0 Å². The number of nitrogens with one attached hydrogen (secondary N) is 1. The Bertz CT molecular complexity index is 306. The monoisotopic (exact) mass is 324 g/mol. The molecule has 1 aliphatic heterocycles. The van der Waals surface area contributed by atoms with E-state index in [0.717, 1.165) is 19.5 Å². The summed E-state index contributed by atoms with van der Waals surface area (Å²) >= 11 is 0.114. The second kappa shape index (κ2) is 8.06. The van der Waals surface area contributed by atoms with Crippen molar-refractivity contribution >= 4 is 11.8 Å². The van der Waals surface area contributed by atoms with Crippen LogP contribution in [0.1, 0.15) is 45.4 Å². The maximum Gasteiger partial charge on any atom is 0.441 e. The molecule has 1 heterocycles. The number of hydrogen-bond acceptors (Lipinski definition) is 3. The Morgan fingerprint density at radius 3 is 2.52 bits per heavy atom. The van der Waals surface area contributed by atoms with Crippen molar-refractivity contribution in [3.05, 3.63) is 0 Å². The number of halogens is 3. The highest BCUT2D eigenvalue weighted by molar-refractivity contribution is 8.00. The summed E-state index contributed by atoms with van der Waals surface area (Å²) in [6, 6.07) is 0.864. The van der Waals surface area contributed by atoms with Crippen LogP contribution in [0.4, 0.5) is 13.2 Å². The molecule has 2 aliphatic rings. The van der Waals surface area contributed by atoms with Gasteiger partial charge in [-0.2, -0.15) is 13.2 Å². The van der Waals surface area contributed by atoms with Gasteiger partial charge in [0.15, 0.2) is 0 Å². The highest BCUT2D eigenvalue weighted by Gasteiger charge is 2.33. The Morgan fingerprint density at radius 1 is 1.19 bits per heavy atom. The molecule has 1 saturated heterocycles. The predicted molar refractivity (Wildman–Crippen MR) is 82.5 cm³/mol. The van der Waals surface area contributed by atoms with Gasteiger partial charge in [0, 0.05) is 37.5 Å². The van der Waals surface area contributed by atoms with Gasteiger partial charge in [0.05, 0.1) is 0 Å². The van der Waals surface area contributed by atoms with Crippen molar-refractivity contribution in [2.24, 2.45) is 5.92 Å². The fourth-order valence-corrected chi connectivity index (χ4v) is 4.25. The van der Waals surface area contributed by atoms with E-state index in [1.807, 2.05) is 0 Å². The van der Waals surface area contributed by atoms with Crippen LogP contribution in [0, 0.1) is 5.92 Å². The van der Waals surface area contributed by atoms with Gasteiger partial charge in [0.1, 0.15) is 0 Å². The second-order valence-corrected chi connectivity index (χ2v) is 7.42. The average molecular weight is 324 g/mol. The highest BCUT2D eigenvalue weighted by atomic mass is 32.2. The van der Waals surface area contributed by atoms with Crippen LogP contribution < -0.4 is 5.32 Å². The first-order valence-corrected chi connectivity index (χ1v) is 9.16. The standard InChI is InChI=1S/C15H27F3N2S/c1-2-13-10-19-14(12-6-4-3-5-7-12)11-20(13)8-9-21-15(16,17)18/h12-14,19H,2-11H2,1H3. The van der Waals surface area contributed by atoms with Crippen LogP contribution in [-0.2, 0) is 0 Å². The lowest BCUT2D eigenvalue weighted by Gasteiger charge is -2.43. The molecular weight excluding hydrogens is 297 g/mol. The van der Waals surface area contributed by atoms with E-state index in [1.54, 1.807) is 0 Å². The fourth-order valence-electron chi connectivity index (χ4n) is 3.69. The molecule has 0 spiro atoms. The van der Waals surface area contributed by atoms with Crippen LogP contribution >= 0.6 is 11.8 Å². The second-order valence-electron chi connectivity index (χ2n) is 6.26. The number of thioether (sulfide) groups is 1. The average Bonchev–Trinajstić information content (AvgIpc) is 2.47. The van der Waals surface area contributed by atoms with Gasteiger partial charge in [-0.05, 0) is 36.9 Å². The zero-order valence-electron chi connectivity index (χ0n) is 12.8. The van der Waals surface area contributed by atoms with Crippen molar-refractivity contribution < 1.29 is 13.2 Å². The third-order valence-corrected chi connectivity index (χ3v) is 5.61. The van der Waals surface area contributed by atoms with Gasteiger partial charge in [0.25, 0.3) is 0 Å². The summed E-state index contributed by atoms with van der Waals surface area (Å²) in [5.74, 6) is 0.867. The van der Waals surface area contributed by atoms with Crippen molar-refractivity contribution in [1.29, 1.82) is 0 Å². The number of hydrogen-bond donors (Lipinski definition) is 1. The lowest BCUT2D eigenvalue weighted by atomic mass is 9.82. The molecular formula is C15H27F3N2S. The quantitative estimate of drug-likeness (QED) is 0.826. The van der Waals surface area contributed by atoms with Crippen LogP contribution in [0.15, 0.2) is 0 Å². The Balaban J connectivity index is 1.83. The Hall–Kier alpha value is 0.0600. The summed E-state index contributed by atoms with van der Waals surface area (Å²) in [5.41, 5.74) is -4.10. The molecule has 2 unspecified atom stereocenters. The van der Waals surface area contributed by atoms with E-state index in [9.17, 15) is 13.2 Å². The van der Waals surface area contributed by atoms with Crippen molar-refractivity contribution in [2.75, 3.05) is 25.4 Å². The van der Waals surface area contributed by atoms with Gasteiger partial charge < -0.3 is 5.32 Å². The van der Waals surface area contributed by atoms with Gasteiger partial charge in [0.2, 0.25) is 0 Å². The summed E-state index contributed by atoms with van der Waals surface area (Å²) in [5, 5.41) is 3.66. The van der Waals surface area contributed by atoms with E-state index in [0.29, 0.717) is 24.5 Å². The lowest BCUT2D eigenvalue weighted by molar-refractivity contribution is -0.0330. The number of rotatable bonds is 5. The predicted octanol–water partition coefficient (Wildman–Crippen LogP) is 3.87. The molecule has 0 amide bonds. The molecule has 124 valence electrons. The molecule has 1 N–H and O–H groups in total. The number of piperazine rings is 1. The van der Waals surface area contributed by atoms with E-state index >= 15 is 0 Å². The first-order chi connectivity index (χ1) is 9.99. The molecule has 2 fully saturated rings. The molecule has 1 aliphatic carbocycles. The van der Waals surface area contributed by atoms with Gasteiger partial charge in [-0.1, -0.05) is 26.2 Å². The fraction of sp³-hybridized carbons (Fsp3) is 1.00. The molecule has 2 rings (SSSR count). The highest BCUT2D eigenvalue weighted by Crippen LogP contribution is 2.31. The molecule has 2 atom stereocenters. The summed E-state index contributed by atoms with van der Waals surface area (Å²) in [7, 11) is 0. The van der Waals surface area contributed by atoms with E-state index in [2.05, 4.69) is 17.1 Å². The third-order valence-electron chi connectivity index (χ3n) is 4.90. The summed E-state index contributed by atoms with van der Waals surface area (Å²) in [6.45, 7) is 4.51. The molecule has 0 aromatic heterocycles. The molecule has 0 aromatic carbocycles. The number of nitrogens with zero attached hydrogens (tertiary/aromatic N) is 1. The maximum atomic E-state index is 12.3. The summed E-state index contributed by atoms with van der Waals surface area (Å²) < 4.78 is 36.9. The Morgan fingerprint density at radius 2 is 1.90 bits per heavy atom. The van der Waals surface area contributed by atoms with Gasteiger partial charge in [-0.3, -0.25) is 4.90 Å². The van der Waals surface area contributed by atoms with Crippen LogP contribution in [0.2, 0.25) is 0 Å². The molecule has 1 saturated carbocycles. The number of alkyl halides is 3. The Kier molecular flexibility index (Phi) is 6.69. The topological polar surface area (TPSA) is 15.3 Å². The van der Waals surface area contributed by atoms with Crippen LogP contribution in [0.3, 0.4) is 0 Å². The normalized spacial score (nSPS) is 29.7. The van der Waals surface area contributed by atoms with Crippen molar-refractivity contribution in [3.8, 4) is 0 Å². The molecule has 0 aromatic rings. The maximum absolute atomic E-state index is 12.3. The van der Waals surface area contributed by atoms with Gasteiger partial charge in [-0.15, -0.1) is 0 Å². The van der Waals surface area contributed by atoms with Crippen LogP contribution in [0.5, 0.6) is 0 Å². The minimum atomic E-state index is -4.10. The van der Waals surface area contributed by atoms with E-state index in [1.165, 1.54) is 32.1 Å². The van der Waals surface area contributed by atoms with Gasteiger partial charge in [-0.25, -0.2) is 0 Å². The SMILES string of the molecule is CCC1CNC(C2CCCCC2)CN1CCSC(F)(F)F. The molecule has 2 nitrogen and oxygen atoms in total. The van der Waals surface area contributed by atoms with Crippen LogP contribution in [-0.4, -0.2) is 47.9 Å². The minimum absolute atomic E-state index is 0.114. The Labute approximate surface area is 130 Å². The zero-order valence-corrected chi connectivity index (χ0v) is 13.6. The van der Waals surface area contributed by atoms with Crippen molar-refractivity contribution in [1.82, 2.24) is 10.2 Å². The van der Waals surface area contributed by atoms with Gasteiger partial charge >= 0.3 is 5.51 Å². The van der Waals surface area contributed by atoms with E-state index < -0.39 is 5.51 Å².